The van der Waals surface area contributed by atoms with Crippen molar-refractivity contribution in [1.82, 2.24) is 15.3 Å². The van der Waals surface area contributed by atoms with Crippen LogP contribution in [0.5, 0.6) is 0 Å². The Labute approximate surface area is 158 Å². The molecule has 0 aliphatic heterocycles. The van der Waals surface area contributed by atoms with Crippen LogP contribution in [0.2, 0.25) is 0 Å². The van der Waals surface area contributed by atoms with Gasteiger partial charge in [-0.1, -0.05) is 23.8 Å². The summed E-state index contributed by atoms with van der Waals surface area (Å²) in [5.74, 6) is -0.0213. The maximum Gasteiger partial charge on any atom is 0.233 e. The zero-order valence-corrected chi connectivity index (χ0v) is 16.0. The number of anilines is 1. The van der Waals surface area contributed by atoms with E-state index in [1.54, 1.807) is 0 Å². The van der Waals surface area contributed by atoms with E-state index in [4.69, 9.17) is 0 Å². The van der Waals surface area contributed by atoms with Crippen LogP contribution in [0.25, 0.3) is 11.0 Å². The summed E-state index contributed by atoms with van der Waals surface area (Å²) in [6, 6.07) is 11.4. The third kappa shape index (κ3) is 4.53. The van der Waals surface area contributed by atoms with E-state index in [2.05, 4.69) is 20.6 Å². The average Bonchev–Trinajstić information content (AvgIpc) is 3.00. The van der Waals surface area contributed by atoms with E-state index in [1.165, 1.54) is 0 Å². The number of imidazole rings is 1. The quantitative estimate of drug-likeness (QED) is 0.603. The Bertz CT molecular complexity index is 1010. The fourth-order valence-corrected chi connectivity index (χ4v) is 3.00. The summed E-state index contributed by atoms with van der Waals surface area (Å²) in [7, 11) is 0. The van der Waals surface area contributed by atoms with Gasteiger partial charge in [-0.15, -0.1) is 0 Å². The van der Waals surface area contributed by atoms with Gasteiger partial charge in [0.1, 0.15) is 12.2 Å². The number of aromatic nitrogens is 2. The minimum Gasteiger partial charge on any atom is -0.346 e. The van der Waals surface area contributed by atoms with Crippen molar-refractivity contribution in [2.24, 2.45) is 0 Å². The van der Waals surface area contributed by atoms with Crippen LogP contribution in [-0.2, 0) is 9.59 Å². The zero-order chi connectivity index (χ0) is 19.6. The number of carbonyl (C=O) groups is 2. The maximum absolute atomic E-state index is 12.2. The van der Waals surface area contributed by atoms with Crippen molar-refractivity contribution in [3.05, 3.63) is 58.9 Å². The van der Waals surface area contributed by atoms with Gasteiger partial charge in [0, 0.05) is 5.69 Å². The van der Waals surface area contributed by atoms with Crippen molar-refractivity contribution in [2.45, 2.75) is 40.2 Å². The maximum atomic E-state index is 12.2. The van der Waals surface area contributed by atoms with Crippen LogP contribution in [0, 0.1) is 20.8 Å². The topological polar surface area (TPSA) is 86.9 Å². The molecule has 1 atom stereocenters. The minimum absolute atomic E-state index is 0.239. The number of benzene rings is 2. The molecule has 0 fully saturated rings. The Morgan fingerprint density at radius 2 is 1.74 bits per heavy atom. The second-order valence-corrected chi connectivity index (χ2v) is 6.98. The van der Waals surface area contributed by atoms with Crippen LogP contribution in [-0.4, -0.2) is 21.8 Å². The Hall–Kier alpha value is -3.15. The largest absolute Gasteiger partial charge is 0.346 e. The van der Waals surface area contributed by atoms with Crippen LogP contribution >= 0.6 is 0 Å². The summed E-state index contributed by atoms with van der Waals surface area (Å²) < 4.78 is 0. The smallest absolute Gasteiger partial charge is 0.233 e. The SMILES string of the molecule is Cc1ccc(NC(=O)CC(=O)NC(C)c2nc3ccc(C)cc3[nH]2)c(C)c1. The van der Waals surface area contributed by atoms with Crippen LogP contribution in [0.1, 0.15) is 41.9 Å². The highest BCUT2D eigenvalue weighted by atomic mass is 16.2. The molecule has 1 aromatic heterocycles. The number of nitrogens with one attached hydrogen (secondary N) is 3. The van der Waals surface area contributed by atoms with Crippen LogP contribution < -0.4 is 10.6 Å². The lowest BCUT2D eigenvalue weighted by Gasteiger charge is -2.12. The van der Waals surface area contributed by atoms with Crippen LogP contribution in [0.4, 0.5) is 5.69 Å². The third-order valence-corrected chi connectivity index (χ3v) is 4.42. The van der Waals surface area contributed by atoms with E-state index in [1.807, 2.05) is 64.1 Å². The summed E-state index contributed by atoms with van der Waals surface area (Å²) in [6.07, 6.45) is -0.239. The van der Waals surface area contributed by atoms with Gasteiger partial charge < -0.3 is 15.6 Å². The van der Waals surface area contributed by atoms with E-state index in [-0.39, 0.29) is 24.3 Å². The second kappa shape index (κ2) is 7.61. The molecule has 0 bridgehead atoms. The lowest BCUT2D eigenvalue weighted by molar-refractivity contribution is -0.127. The molecule has 0 spiro atoms. The molecule has 0 saturated carbocycles. The molecule has 0 aliphatic rings. The third-order valence-electron chi connectivity index (χ3n) is 4.42. The Balaban J connectivity index is 1.59. The van der Waals surface area contributed by atoms with E-state index < -0.39 is 0 Å². The number of nitrogens with zero attached hydrogens (tertiary/aromatic N) is 1. The van der Waals surface area contributed by atoms with E-state index >= 15 is 0 Å². The summed E-state index contributed by atoms with van der Waals surface area (Å²) >= 11 is 0. The molecule has 3 rings (SSSR count). The molecule has 2 aromatic carbocycles. The van der Waals surface area contributed by atoms with Gasteiger partial charge in [0.15, 0.2) is 0 Å². The number of amides is 2. The first-order valence-electron chi connectivity index (χ1n) is 8.94. The fraction of sp³-hybridized carbons (Fsp3) is 0.286. The van der Waals surface area contributed by atoms with Crippen LogP contribution in [0.15, 0.2) is 36.4 Å². The lowest BCUT2D eigenvalue weighted by atomic mass is 10.1. The van der Waals surface area contributed by atoms with Gasteiger partial charge >= 0.3 is 0 Å². The molecule has 1 heterocycles. The predicted molar refractivity (Wildman–Crippen MR) is 107 cm³/mol. The molecule has 0 saturated heterocycles. The van der Waals surface area contributed by atoms with E-state index in [0.29, 0.717) is 5.82 Å². The number of hydrogen-bond acceptors (Lipinski definition) is 3. The lowest BCUT2D eigenvalue weighted by Crippen LogP contribution is -2.30. The average molecular weight is 364 g/mol. The summed E-state index contributed by atoms with van der Waals surface area (Å²) in [5, 5.41) is 5.60. The van der Waals surface area contributed by atoms with E-state index in [9.17, 15) is 9.59 Å². The molecule has 0 aliphatic carbocycles. The number of rotatable bonds is 5. The number of aryl methyl sites for hydroxylation is 3. The van der Waals surface area contributed by atoms with Crippen molar-refractivity contribution >= 4 is 28.5 Å². The fourth-order valence-electron chi connectivity index (χ4n) is 3.00. The molecular weight excluding hydrogens is 340 g/mol. The van der Waals surface area contributed by atoms with Crippen molar-refractivity contribution in [2.75, 3.05) is 5.32 Å². The highest BCUT2D eigenvalue weighted by molar-refractivity contribution is 6.03. The highest BCUT2D eigenvalue weighted by Crippen LogP contribution is 2.18. The second-order valence-electron chi connectivity index (χ2n) is 6.98. The number of H-pyrrole nitrogens is 1. The van der Waals surface area contributed by atoms with Gasteiger partial charge in [0.05, 0.1) is 17.1 Å². The van der Waals surface area contributed by atoms with Crippen molar-refractivity contribution in [3.8, 4) is 0 Å². The van der Waals surface area contributed by atoms with Crippen molar-refractivity contribution < 1.29 is 9.59 Å². The molecule has 2 amide bonds. The predicted octanol–water partition coefficient (Wildman–Crippen LogP) is 3.69. The normalized spacial score (nSPS) is 12.0. The first kappa shape index (κ1) is 18.6. The van der Waals surface area contributed by atoms with Gasteiger partial charge in [-0.3, -0.25) is 9.59 Å². The number of fused-ring (bicyclic) bond motifs is 1. The van der Waals surface area contributed by atoms with Crippen molar-refractivity contribution in [3.63, 3.8) is 0 Å². The van der Waals surface area contributed by atoms with Gasteiger partial charge in [0.25, 0.3) is 0 Å². The number of carbonyl (C=O) groups excluding carboxylic acids is 2. The Morgan fingerprint density at radius 3 is 2.48 bits per heavy atom. The Morgan fingerprint density at radius 1 is 1.04 bits per heavy atom. The number of aromatic amines is 1. The van der Waals surface area contributed by atoms with Gasteiger partial charge in [-0.2, -0.15) is 0 Å². The minimum atomic E-state index is -0.346. The standard InChI is InChI=1S/C21H24N4O2/c1-12-5-7-16(14(3)9-12)23-20(27)11-19(26)22-15(4)21-24-17-8-6-13(2)10-18(17)25-21/h5-10,15H,11H2,1-4H3,(H,22,26)(H,23,27)(H,24,25). The van der Waals surface area contributed by atoms with Crippen molar-refractivity contribution in [1.29, 1.82) is 0 Å². The van der Waals surface area contributed by atoms with Gasteiger partial charge in [-0.25, -0.2) is 4.98 Å². The molecule has 3 N–H and O–H groups in total. The molecule has 27 heavy (non-hydrogen) atoms. The summed E-state index contributed by atoms with van der Waals surface area (Å²) in [5.41, 5.74) is 5.73. The van der Waals surface area contributed by atoms with Gasteiger partial charge in [-0.05, 0) is 57.0 Å². The molecule has 6 nitrogen and oxygen atoms in total. The zero-order valence-electron chi connectivity index (χ0n) is 16.0. The van der Waals surface area contributed by atoms with Gasteiger partial charge in [0.2, 0.25) is 11.8 Å². The van der Waals surface area contributed by atoms with Crippen LogP contribution in [0.3, 0.4) is 0 Å². The molecular formula is C21H24N4O2. The molecule has 140 valence electrons. The monoisotopic (exact) mass is 364 g/mol. The first-order valence-corrected chi connectivity index (χ1v) is 8.94. The molecule has 3 aromatic rings. The molecule has 6 heteroatoms. The first-order chi connectivity index (χ1) is 12.8. The number of hydrogen-bond donors (Lipinski definition) is 3. The highest BCUT2D eigenvalue weighted by Gasteiger charge is 2.16. The molecule has 1 unspecified atom stereocenters. The summed E-state index contributed by atoms with van der Waals surface area (Å²) in [4.78, 5) is 32.1. The Kier molecular flexibility index (Phi) is 5.26. The van der Waals surface area contributed by atoms with E-state index in [0.717, 1.165) is 33.4 Å². The molecule has 0 radical (unpaired) electrons. The summed E-state index contributed by atoms with van der Waals surface area (Å²) in [6.45, 7) is 7.77.